The Morgan fingerprint density at radius 2 is 1.92 bits per heavy atom. The molecule has 4 rings (SSSR count). The average molecular weight is 559 g/mol. The fraction of sp³-hybridized carbons (Fsp3) is 0.407. The van der Waals surface area contributed by atoms with Gasteiger partial charge in [0.2, 0.25) is 0 Å². The smallest absolute Gasteiger partial charge is 0.261 e. The summed E-state index contributed by atoms with van der Waals surface area (Å²) >= 11 is 1.61. The fourth-order valence-electron chi connectivity index (χ4n) is 4.45. The molecule has 0 bridgehead atoms. The largest absolute Gasteiger partial charge is 0.491 e. The quantitative estimate of drug-likeness (QED) is 0.489. The number of thiazole rings is 1. The minimum absolute atomic E-state index is 0.0105. The standard InChI is InChI=1S/C27H34N4O5S2/c1-19-15-31(17-26-28-12-13-37-26)20(2)18-36-24-14-21(29-38(33,34)22-8-6-5-7-9-22)10-11-23(24)27(32)30(3)16-25(19)35-4/h5-14,19-20,25,29H,15-18H2,1-4H3/t19-,20+,25+/m0/s1. The summed E-state index contributed by atoms with van der Waals surface area (Å²) in [7, 11) is -0.398. The van der Waals surface area contributed by atoms with E-state index in [2.05, 4.69) is 28.5 Å². The summed E-state index contributed by atoms with van der Waals surface area (Å²) in [6.07, 6.45) is 1.63. The molecule has 38 heavy (non-hydrogen) atoms. The molecule has 3 atom stereocenters. The number of carbonyl (C=O) groups excluding carboxylic acids is 1. The van der Waals surface area contributed by atoms with E-state index in [-0.39, 0.29) is 28.9 Å². The van der Waals surface area contributed by atoms with Crippen molar-refractivity contribution in [2.45, 2.75) is 37.4 Å². The van der Waals surface area contributed by atoms with Crippen molar-refractivity contribution in [3.63, 3.8) is 0 Å². The fourth-order valence-corrected chi connectivity index (χ4v) is 6.16. The molecule has 204 valence electrons. The molecule has 0 aliphatic carbocycles. The summed E-state index contributed by atoms with van der Waals surface area (Å²) in [5.74, 6) is 0.240. The molecule has 3 aromatic rings. The molecular formula is C27H34N4O5S2. The summed E-state index contributed by atoms with van der Waals surface area (Å²) < 4.78 is 40.4. The number of methoxy groups -OCH3 is 1. The highest BCUT2D eigenvalue weighted by atomic mass is 32.2. The van der Waals surface area contributed by atoms with Crippen molar-refractivity contribution in [3.8, 4) is 5.75 Å². The maximum Gasteiger partial charge on any atom is 0.261 e. The Hall–Kier alpha value is -2.99. The molecular weight excluding hydrogens is 524 g/mol. The molecule has 1 N–H and O–H groups in total. The highest BCUT2D eigenvalue weighted by molar-refractivity contribution is 7.92. The van der Waals surface area contributed by atoms with Crippen LogP contribution in [-0.4, -0.2) is 75.1 Å². The lowest BCUT2D eigenvalue weighted by atomic mass is 10.0. The van der Waals surface area contributed by atoms with Crippen molar-refractivity contribution in [2.24, 2.45) is 5.92 Å². The van der Waals surface area contributed by atoms with Gasteiger partial charge in [0, 0.05) is 50.9 Å². The van der Waals surface area contributed by atoms with Gasteiger partial charge in [0.1, 0.15) is 17.4 Å². The number of hydrogen-bond acceptors (Lipinski definition) is 8. The van der Waals surface area contributed by atoms with Gasteiger partial charge in [-0.1, -0.05) is 25.1 Å². The lowest BCUT2D eigenvalue weighted by Crippen LogP contribution is -2.46. The Morgan fingerprint density at radius 1 is 1.16 bits per heavy atom. The maximum atomic E-state index is 13.4. The zero-order chi connectivity index (χ0) is 27.3. The van der Waals surface area contributed by atoms with E-state index in [1.54, 1.807) is 73.0 Å². The molecule has 1 aliphatic rings. The van der Waals surface area contributed by atoms with Crippen LogP contribution in [0.2, 0.25) is 0 Å². The zero-order valence-corrected chi connectivity index (χ0v) is 23.7. The van der Waals surface area contributed by atoms with Gasteiger partial charge in [-0.2, -0.15) is 0 Å². The van der Waals surface area contributed by atoms with Gasteiger partial charge >= 0.3 is 0 Å². The Labute approximate surface area is 228 Å². The summed E-state index contributed by atoms with van der Waals surface area (Å²) in [6, 6.07) is 12.9. The maximum absolute atomic E-state index is 13.4. The van der Waals surface area contributed by atoms with E-state index in [4.69, 9.17) is 9.47 Å². The predicted molar refractivity (Wildman–Crippen MR) is 148 cm³/mol. The number of ether oxygens (including phenoxy) is 2. The first-order valence-corrected chi connectivity index (χ1v) is 14.8. The van der Waals surface area contributed by atoms with Crippen molar-refractivity contribution >= 4 is 33.0 Å². The number of rotatable bonds is 6. The molecule has 0 saturated heterocycles. The lowest BCUT2D eigenvalue weighted by molar-refractivity contribution is 0.00921. The van der Waals surface area contributed by atoms with Crippen LogP contribution in [0.1, 0.15) is 29.2 Å². The number of benzene rings is 2. The Bertz CT molecular complexity index is 1320. The SMILES string of the molecule is CO[C@@H]1CN(C)C(=O)c2ccc(NS(=O)(=O)c3ccccc3)cc2OC[C@@H](C)N(Cc2nccs2)C[C@@H]1C. The number of nitrogens with zero attached hydrogens (tertiary/aromatic N) is 3. The van der Waals surface area contributed by atoms with Crippen molar-refractivity contribution in [3.05, 3.63) is 70.7 Å². The highest BCUT2D eigenvalue weighted by Gasteiger charge is 2.29. The van der Waals surface area contributed by atoms with Crippen LogP contribution in [-0.2, 0) is 21.3 Å². The van der Waals surface area contributed by atoms with Crippen molar-refractivity contribution < 1.29 is 22.7 Å². The third-order valence-corrected chi connectivity index (χ3v) is 8.86. The molecule has 9 nitrogen and oxygen atoms in total. The van der Waals surface area contributed by atoms with Crippen molar-refractivity contribution in [1.82, 2.24) is 14.8 Å². The van der Waals surface area contributed by atoms with Crippen LogP contribution < -0.4 is 9.46 Å². The van der Waals surface area contributed by atoms with E-state index in [0.29, 0.717) is 36.7 Å². The Balaban J connectivity index is 1.65. The summed E-state index contributed by atoms with van der Waals surface area (Å²) in [6.45, 7) is 6.30. The average Bonchev–Trinajstić information content (AvgIpc) is 3.42. The molecule has 2 heterocycles. The first-order valence-electron chi connectivity index (χ1n) is 12.4. The molecule has 0 spiro atoms. The molecule has 0 saturated carbocycles. The Kier molecular flexibility index (Phi) is 9.03. The van der Waals surface area contributed by atoms with Gasteiger partial charge in [-0.25, -0.2) is 13.4 Å². The summed E-state index contributed by atoms with van der Waals surface area (Å²) in [5, 5.41) is 2.97. The van der Waals surface area contributed by atoms with Crippen LogP contribution in [0, 0.1) is 5.92 Å². The number of hydrogen-bond donors (Lipinski definition) is 1. The molecule has 2 aromatic carbocycles. The minimum atomic E-state index is -3.80. The van der Waals surface area contributed by atoms with Crippen LogP contribution in [0.3, 0.4) is 0 Å². The minimum Gasteiger partial charge on any atom is -0.491 e. The monoisotopic (exact) mass is 558 g/mol. The highest BCUT2D eigenvalue weighted by Crippen LogP contribution is 2.28. The second-order valence-corrected chi connectivity index (χ2v) is 12.2. The lowest BCUT2D eigenvalue weighted by Gasteiger charge is -2.35. The normalized spacial score (nSPS) is 21.6. The topological polar surface area (TPSA) is 101 Å². The van der Waals surface area contributed by atoms with E-state index < -0.39 is 10.0 Å². The van der Waals surface area contributed by atoms with Gasteiger partial charge < -0.3 is 14.4 Å². The van der Waals surface area contributed by atoms with Crippen LogP contribution in [0.15, 0.2) is 65.0 Å². The van der Waals surface area contributed by atoms with Crippen LogP contribution >= 0.6 is 11.3 Å². The summed E-state index contributed by atoms with van der Waals surface area (Å²) in [5.41, 5.74) is 0.669. The zero-order valence-electron chi connectivity index (χ0n) is 22.0. The van der Waals surface area contributed by atoms with E-state index in [1.807, 2.05) is 5.38 Å². The number of fused-ring (bicyclic) bond motifs is 1. The van der Waals surface area contributed by atoms with E-state index in [1.165, 1.54) is 12.1 Å². The second kappa shape index (κ2) is 12.2. The number of nitrogens with one attached hydrogen (secondary N) is 1. The number of sulfonamides is 1. The van der Waals surface area contributed by atoms with Gasteiger partial charge in [0.15, 0.2) is 0 Å². The van der Waals surface area contributed by atoms with Gasteiger partial charge in [-0.15, -0.1) is 11.3 Å². The molecule has 1 aliphatic heterocycles. The van der Waals surface area contributed by atoms with Gasteiger partial charge in [0.25, 0.3) is 15.9 Å². The van der Waals surface area contributed by atoms with Crippen LogP contribution in [0.4, 0.5) is 5.69 Å². The van der Waals surface area contributed by atoms with E-state index in [0.717, 1.165) is 11.6 Å². The van der Waals surface area contributed by atoms with Crippen LogP contribution in [0.5, 0.6) is 5.75 Å². The Morgan fingerprint density at radius 3 is 2.61 bits per heavy atom. The number of aromatic nitrogens is 1. The number of carbonyl (C=O) groups is 1. The van der Waals surface area contributed by atoms with Crippen molar-refractivity contribution in [1.29, 1.82) is 0 Å². The molecule has 0 fully saturated rings. The first kappa shape index (κ1) is 28.0. The van der Waals surface area contributed by atoms with Gasteiger partial charge in [-0.3, -0.25) is 14.4 Å². The molecule has 11 heteroatoms. The summed E-state index contributed by atoms with van der Waals surface area (Å²) in [4.78, 5) is 22.0. The number of likely N-dealkylation sites (N-methyl/N-ethyl adjacent to an activating group) is 1. The number of amides is 1. The third-order valence-electron chi connectivity index (χ3n) is 6.70. The van der Waals surface area contributed by atoms with Crippen molar-refractivity contribution in [2.75, 3.05) is 38.6 Å². The van der Waals surface area contributed by atoms with Crippen LogP contribution in [0.25, 0.3) is 0 Å². The van der Waals surface area contributed by atoms with Gasteiger partial charge in [0.05, 0.1) is 28.8 Å². The predicted octanol–water partition coefficient (Wildman–Crippen LogP) is 3.95. The molecule has 0 unspecified atom stereocenters. The van der Waals surface area contributed by atoms with E-state index in [9.17, 15) is 13.2 Å². The third kappa shape index (κ3) is 6.71. The van der Waals surface area contributed by atoms with E-state index >= 15 is 0 Å². The number of anilines is 1. The molecule has 1 aromatic heterocycles. The first-order chi connectivity index (χ1) is 18.2. The second-order valence-electron chi connectivity index (χ2n) is 9.58. The molecule has 1 amide bonds. The van der Waals surface area contributed by atoms with Gasteiger partial charge in [-0.05, 0) is 37.1 Å². The molecule has 0 radical (unpaired) electrons.